The van der Waals surface area contributed by atoms with E-state index < -0.39 is 15.8 Å². The maximum absolute atomic E-state index is 13.3. The van der Waals surface area contributed by atoms with Crippen LogP contribution >= 0.6 is 15.9 Å². The first-order chi connectivity index (χ1) is 9.79. The molecule has 0 radical (unpaired) electrons. The average Bonchev–Trinajstić information content (AvgIpc) is 2.41. The number of nitrogens with two attached hydrogens (primary N) is 1. The third kappa shape index (κ3) is 4.17. The fourth-order valence-corrected chi connectivity index (χ4v) is 4.57. The van der Waals surface area contributed by atoms with Crippen molar-refractivity contribution in [2.24, 2.45) is 11.8 Å². The Hall–Kier alpha value is -0.660. The second-order valence-electron chi connectivity index (χ2n) is 5.79. The summed E-state index contributed by atoms with van der Waals surface area (Å²) in [7, 11) is -3.72. The Morgan fingerprint density at radius 3 is 2.81 bits per heavy atom. The van der Waals surface area contributed by atoms with E-state index in [-0.39, 0.29) is 15.1 Å². The van der Waals surface area contributed by atoms with E-state index in [0.29, 0.717) is 18.4 Å². The highest BCUT2D eigenvalue weighted by atomic mass is 79.9. The highest BCUT2D eigenvalue weighted by Gasteiger charge is 2.23. The first-order valence-electron chi connectivity index (χ1n) is 7.04. The molecule has 1 aromatic rings. The van der Waals surface area contributed by atoms with Crippen molar-refractivity contribution >= 4 is 31.6 Å². The summed E-state index contributed by atoms with van der Waals surface area (Å²) in [4.78, 5) is -0.0837. The second-order valence-corrected chi connectivity index (χ2v) is 8.38. The molecule has 1 aliphatic carbocycles. The monoisotopic (exact) mass is 378 g/mol. The molecule has 7 heteroatoms. The Kier molecular flexibility index (Phi) is 5.27. The molecular formula is C14H20BrFN2O2S. The van der Waals surface area contributed by atoms with Gasteiger partial charge in [0.15, 0.2) is 0 Å². The van der Waals surface area contributed by atoms with Crippen molar-refractivity contribution in [2.75, 3.05) is 12.3 Å². The first-order valence-corrected chi connectivity index (χ1v) is 9.31. The molecule has 0 heterocycles. The first kappa shape index (κ1) is 16.7. The van der Waals surface area contributed by atoms with Gasteiger partial charge in [-0.15, -0.1) is 0 Å². The third-order valence-electron chi connectivity index (χ3n) is 3.95. The molecule has 1 fully saturated rings. The summed E-state index contributed by atoms with van der Waals surface area (Å²) in [6, 6.07) is 2.22. The number of nitrogen functional groups attached to an aromatic ring is 1. The van der Waals surface area contributed by atoms with Gasteiger partial charge in [-0.05, 0) is 52.7 Å². The lowest BCUT2D eigenvalue weighted by Crippen LogP contribution is -2.32. The van der Waals surface area contributed by atoms with Gasteiger partial charge in [0.1, 0.15) is 10.7 Å². The minimum Gasteiger partial charge on any atom is -0.398 e. The lowest BCUT2D eigenvalue weighted by atomic mass is 9.83. The molecule has 2 rings (SSSR count). The van der Waals surface area contributed by atoms with Crippen LogP contribution in [0.4, 0.5) is 10.1 Å². The number of benzene rings is 1. The molecule has 0 saturated heterocycles. The largest absolute Gasteiger partial charge is 0.398 e. The van der Waals surface area contributed by atoms with Gasteiger partial charge in [-0.3, -0.25) is 0 Å². The second kappa shape index (κ2) is 6.62. The molecular weight excluding hydrogens is 359 g/mol. The highest BCUT2D eigenvalue weighted by Crippen LogP contribution is 2.29. The predicted molar refractivity (Wildman–Crippen MR) is 84.8 cm³/mol. The lowest BCUT2D eigenvalue weighted by Gasteiger charge is -2.26. The van der Waals surface area contributed by atoms with E-state index in [0.717, 1.165) is 25.3 Å². The van der Waals surface area contributed by atoms with Crippen molar-refractivity contribution in [3.63, 3.8) is 0 Å². The fraction of sp³-hybridized carbons (Fsp3) is 0.571. The summed E-state index contributed by atoms with van der Waals surface area (Å²) in [5, 5.41) is 0. The van der Waals surface area contributed by atoms with Crippen LogP contribution in [-0.2, 0) is 10.0 Å². The Balaban J connectivity index is 2.10. The minimum atomic E-state index is -3.72. The zero-order valence-electron chi connectivity index (χ0n) is 11.9. The number of nitrogens with one attached hydrogen (secondary N) is 1. The maximum Gasteiger partial charge on any atom is 0.242 e. The fourth-order valence-electron chi connectivity index (χ4n) is 2.83. The summed E-state index contributed by atoms with van der Waals surface area (Å²) in [5.74, 6) is 0.416. The van der Waals surface area contributed by atoms with Gasteiger partial charge in [0.25, 0.3) is 0 Å². The van der Waals surface area contributed by atoms with Crippen molar-refractivity contribution in [3.05, 3.63) is 22.4 Å². The van der Waals surface area contributed by atoms with Crippen molar-refractivity contribution in [1.29, 1.82) is 0 Å². The Morgan fingerprint density at radius 2 is 2.14 bits per heavy atom. The van der Waals surface area contributed by atoms with Crippen LogP contribution in [0.2, 0.25) is 0 Å². The van der Waals surface area contributed by atoms with Gasteiger partial charge in [-0.1, -0.05) is 19.8 Å². The molecule has 0 aromatic heterocycles. The van der Waals surface area contributed by atoms with Crippen LogP contribution in [0.5, 0.6) is 0 Å². The molecule has 2 atom stereocenters. The van der Waals surface area contributed by atoms with Crippen LogP contribution in [0.25, 0.3) is 0 Å². The molecule has 2 unspecified atom stereocenters. The molecule has 3 N–H and O–H groups in total. The van der Waals surface area contributed by atoms with Gasteiger partial charge < -0.3 is 5.73 Å². The molecule has 0 aliphatic heterocycles. The lowest BCUT2D eigenvalue weighted by molar-refractivity contribution is 0.283. The Morgan fingerprint density at radius 1 is 1.43 bits per heavy atom. The van der Waals surface area contributed by atoms with E-state index in [1.165, 1.54) is 12.5 Å². The van der Waals surface area contributed by atoms with Gasteiger partial charge in [0.2, 0.25) is 10.0 Å². The van der Waals surface area contributed by atoms with Gasteiger partial charge in [-0.25, -0.2) is 17.5 Å². The maximum atomic E-state index is 13.3. The highest BCUT2D eigenvalue weighted by molar-refractivity contribution is 9.10. The summed E-state index contributed by atoms with van der Waals surface area (Å²) >= 11 is 2.99. The number of halogens is 2. The molecule has 4 nitrogen and oxygen atoms in total. The van der Waals surface area contributed by atoms with Gasteiger partial charge >= 0.3 is 0 Å². The quantitative estimate of drug-likeness (QED) is 0.789. The van der Waals surface area contributed by atoms with Gasteiger partial charge in [0, 0.05) is 6.54 Å². The summed E-state index contributed by atoms with van der Waals surface area (Å²) in [6.07, 6.45) is 4.42. The zero-order valence-corrected chi connectivity index (χ0v) is 14.3. The Labute approximate surface area is 133 Å². The van der Waals surface area contributed by atoms with E-state index >= 15 is 0 Å². The van der Waals surface area contributed by atoms with Gasteiger partial charge in [-0.2, -0.15) is 0 Å². The van der Waals surface area contributed by atoms with Crippen molar-refractivity contribution < 1.29 is 12.8 Å². The minimum absolute atomic E-state index is 0.0831. The smallest absolute Gasteiger partial charge is 0.242 e. The van der Waals surface area contributed by atoms with E-state index in [4.69, 9.17) is 5.73 Å². The van der Waals surface area contributed by atoms with E-state index in [2.05, 4.69) is 27.6 Å². The molecule has 1 aromatic carbocycles. The molecule has 1 aliphatic rings. The molecule has 21 heavy (non-hydrogen) atoms. The average molecular weight is 379 g/mol. The van der Waals surface area contributed by atoms with Crippen LogP contribution in [0, 0.1) is 17.7 Å². The molecule has 0 amide bonds. The normalized spacial score (nSPS) is 23.2. The van der Waals surface area contributed by atoms with Crippen molar-refractivity contribution in [2.45, 2.75) is 37.5 Å². The summed E-state index contributed by atoms with van der Waals surface area (Å²) in [6.45, 7) is 2.59. The number of sulfonamides is 1. The van der Waals surface area contributed by atoms with E-state index in [9.17, 15) is 12.8 Å². The summed E-state index contributed by atoms with van der Waals surface area (Å²) < 4.78 is 40.6. The standard InChI is InChI=1S/C14H20BrFN2O2S/c1-9-3-2-4-10(5-9)8-18-21(19,20)14-6-11(15)12(16)7-13(14)17/h6-7,9-10,18H,2-5,8,17H2,1H3. The number of hydrogen-bond acceptors (Lipinski definition) is 3. The van der Waals surface area contributed by atoms with E-state index in [1.807, 2.05) is 0 Å². The van der Waals surface area contributed by atoms with Crippen molar-refractivity contribution in [3.8, 4) is 0 Å². The zero-order chi connectivity index (χ0) is 15.6. The van der Waals surface area contributed by atoms with Crippen LogP contribution in [0.1, 0.15) is 32.6 Å². The Bertz CT molecular complexity index is 622. The predicted octanol–water partition coefficient (Wildman–Crippen LogP) is 3.28. The number of anilines is 1. The third-order valence-corrected chi connectivity index (χ3v) is 6.04. The van der Waals surface area contributed by atoms with Crippen LogP contribution in [-0.4, -0.2) is 15.0 Å². The van der Waals surface area contributed by atoms with E-state index in [1.54, 1.807) is 0 Å². The summed E-state index contributed by atoms with van der Waals surface area (Å²) in [5.41, 5.74) is 5.54. The van der Waals surface area contributed by atoms with Crippen LogP contribution in [0.3, 0.4) is 0 Å². The SMILES string of the molecule is CC1CCCC(CNS(=O)(=O)c2cc(Br)c(F)cc2N)C1. The van der Waals surface area contributed by atoms with Crippen LogP contribution < -0.4 is 10.5 Å². The number of hydrogen-bond donors (Lipinski definition) is 2. The van der Waals surface area contributed by atoms with Crippen molar-refractivity contribution in [1.82, 2.24) is 4.72 Å². The number of rotatable bonds is 4. The molecule has 1 saturated carbocycles. The molecule has 0 bridgehead atoms. The molecule has 0 spiro atoms. The van der Waals surface area contributed by atoms with Gasteiger partial charge in [0.05, 0.1) is 10.2 Å². The van der Waals surface area contributed by atoms with Crippen LogP contribution in [0.15, 0.2) is 21.5 Å². The molecule has 118 valence electrons. The topological polar surface area (TPSA) is 72.2 Å².